The maximum absolute atomic E-state index is 13.4. The Balaban J connectivity index is 2.11. The summed E-state index contributed by atoms with van der Waals surface area (Å²) in [7, 11) is -3.58. The summed E-state index contributed by atoms with van der Waals surface area (Å²) in [5.74, 6) is 0. The van der Waals surface area contributed by atoms with Gasteiger partial charge in [0.1, 0.15) is 0 Å². The maximum Gasteiger partial charge on any atom is 0.264 e. The second-order valence-electron chi connectivity index (χ2n) is 6.90. The molecule has 1 N–H and O–H groups in total. The van der Waals surface area contributed by atoms with Crippen molar-refractivity contribution in [3.8, 4) is 11.3 Å². The molecular weight excluding hydrogens is 350 g/mol. The van der Waals surface area contributed by atoms with Gasteiger partial charge < -0.3 is 0 Å². The summed E-state index contributed by atoms with van der Waals surface area (Å²) in [6.07, 6.45) is 3.70. The third-order valence-corrected chi connectivity index (χ3v) is 7.30. The van der Waals surface area contributed by atoms with Crippen molar-refractivity contribution in [3.05, 3.63) is 45.7 Å². The van der Waals surface area contributed by atoms with Gasteiger partial charge in [-0.2, -0.15) is 9.40 Å². The van der Waals surface area contributed by atoms with Crippen LogP contribution in [0, 0.1) is 13.8 Å². The fourth-order valence-corrected chi connectivity index (χ4v) is 5.67. The van der Waals surface area contributed by atoms with Gasteiger partial charge in [-0.15, -0.1) is 0 Å². The molecule has 1 aliphatic heterocycles. The van der Waals surface area contributed by atoms with Crippen LogP contribution in [-0.4, -0.2) is 35.5 Å². The number of aryl methyl sites for hydroxylation is 1. The summed E-state index contributed by atoms with van der Waals surface area (Å²) < 4.78 is 28.5. The second-order valence-corrected chi connectivity index (χ2v) is 8.76. The van der Waals surface area contributed by atoms with Crippen LogP contribution in [0.3, 0.4) is 0 Å². The zero-order chi connectivity index (χ0) is 18.9. The molecule has 1 aromatic carbocycles. The number of sulfonamides is 1. The molecule has 0 saturated carbocycles. The molecule has 1 fully saturated rings. The normalized spacial score (nSPS) is 18.8. The summed E-state index contributed by atoms with van der Waals surface area (Å²) in [6, 6.07) is 6.64. The van der Waals surface area contributed by atoms with Crippen molar-refractivity contribution in [1.29, 1.82) is 0 Å². The van der Waals surface area contributed by atoms with E-state index >= 15 is 0 Å². The van der Waals surface area contributed by atoms with Gasteiger partial charge in [-0.05, 0) is 62.4 Å². The number of aromatic nitrogens is 2. The lowest BCUT2D eigenvalue weighted by Crippen LogP contribution is -2.43. The predicted octanol–water partition coefficient (Wildman–Crippen LogP) is 3.01. The average molecular weight is 375 g/mol. The highest BCUT2D eigenvalue weighted by Gasteiger charge is 2.34. The first-order chi connectivity index (χ1) is 12.3. The van der Waals surface area contributed by atoms with Crippen molar-refractivity contribution in [2.75, 3.05) is 6.54 Å². The number of aromatic amines is 1. The second kappa shape index (κ2) is 7.32. The standard InChI is InChI=1S/C19H25N3O3S/c1-4-16-7-5-6-10-22(16)26(24,25)18-12-15(11-13(2)14(18)3)17-8-9-19(23)21-20-17/h8-9,11-12,16H,4-7,10H2,1-3H3,(H,21,23)/t16-/m1/s1. The SMILES string of the molecule is CC[C@@H]1CCCCN1S(=O)(=O)c1cc(-c2ccc(=O)[nH]n2)cc(C)c1C. The first kappa shape index (κ1) is 18.8. The van der Waals surface area contributed by atoms with Gasteiger partial charge >= 0.3 is 0 Å². The molecule has 7 heteroatoms. The Morgan fingerprint density at radius 1 is 1.23 bits per heavy atom. The van der Waals surface area contributed by atoms with Crippen molar-refractivity contribution >= 4 is 10.0 Å². The van der Waals surface area contributed by atoms with Gasteiger partial charge in [0.05, 0.1) is 10.6 Å². The molecule has 0 unspecified atom stereocenters. The smallest absolute Gasteiger partial charge is 0.264 e. The highest BCUT2D eigenvalue weighted by Crippen LogP contribution is 2.32. The van der Waals surface area contributed by atoms with E-state index in [9.17, 15) is 13.2 Å². The van der Waals surface area contributed by atoms with Crippen LogP contribution in [0.25, 0.3) is 11.3 Å². The van der Waals surface area contributed by atoms with Crippen LogP contribution in [0.1, 0.15) is 43.7 Å². The molecule has 1 atom stereocenters. The van der Waals surface area contributed by atoms with Crippen LogP contribution in [0.5, 0.6) is 0 Å². The monoisotopic (exact) mass is 375 g/mol. The van der Waals surface area contributed by atoms with Gasteiger partial charge in [-0.3, -0.25) is 4.79 Å². The third kappa shape index (κ3) is 3.46. The zero-order valence-electron chi connectivity index (χ0n) is 15.4. The van der Waals surface area contributed by atoms with Crippen molar-refractivity contribution in [2.24, 2.45) is 0 Å². The minimum atomic E-state index is -3.58. The Bertz CT molecular complexity index is 946. The minimum absolute atomic E-state index is 0.0586. The van der Waals surface area contributed by atoms with E-state index in [0.717, 1.165) is 36.8 Å². The van der Waals surface area contributed by atoms with Crippen molar-refractivity contribution in [3.63, 3.8) is 0 Å². The van der Waals surface area contributed by atoms with E-state index in [-0.39, 0.29) is 11.6 Å². The fourth-order valence-electron chi connectivity index (χ4n) is 3.57. The van der Waals surface area contributed by atoms with Gasteiger partial charge in [-0.1, -0.05) is 13.3 Å². The zero-order valence-corrected chi connectivity index (χ0v) is 16.3. The molecule has 2 aromatic rings. The molecule has 3 rings (SSSR count). The predicted molar refractivity (Wildman–Crippen MR) is 102 cm³/mol. The van der Waals surface area contributed by atoms with Gasteiger partial charge in [-0.25, -0.2) is 13.5 Å². The molecule has 0 radical (unpaired) electrons. The molecule has 1 aliphatic rings. The van der Waals surface area contributed by atoms with Gasteiger partial charge in [0.15, 0.2) is 0 Å². The molecule has 0 amide bonds. The summed E-state index contributed by atoms with van der Waals surface area (Å²) in [5, 5.41) is 6.44. The number of H-pyrrole nitrogens is 1. The number of hydrogen-bond donors (Lipinski definition) is 1. The molecule has 6 nitrogen and oxygen atoms in total. The number of nitrogens with one attached hydrogen (secondary N) is 1. The Labute approximate surface area is 154 Å². The molecule has 140 valence electrons. The van der Waals surface area contributed by atoms with E-state index in [2.05, 4.69) is 10.2 Å². The topological polar surface area (TPSA) is 83.1 Å². The summed E-state index contributed by atoms with van der Waals surface area (Å²) in [6.45, 7) is 6.35. The number of nitrogens with zero attached hydrogens (tertiary/aromatic N) is 2. The summed E-state index contributed by atoms with van der Waals surface area (Å²) >= 11 is 0. The van der Waals surface area contributed by atoms with Crippen molar-refractivity contribution in [1.82, 2.24) is 14.5 Å². The number of hydrogen-bond acceptors (Lipinski definition) is 4. The number of rotatable bonds is 4. The highest BCUT2D eigenvalue weighted by atomic mass is 32.2. The Kier molecular flexibility index (Phi) is 5.29. The first-order valence-corrected chi connectivity index (χ1v) is 10.5. The summed E-state index contributed by atoms with van der Waals surface area (Å²) in [5.41, 5.74) is 2.60. The quantitative estimate of drug-likeness (QED) is 0.890. The maximum atomic E-state index is 13.4. The van der Waals surface area contributed by atoms with Crippen LogP contribution in [0.2, 0.25) is 0 Å². The van der Waals surface area contributed by atoms with Crippen LogP contribution in [0.4, 0.5) is 0 Å². The largest absolute Gasteiger partial charge is 0.268 e. The molecule has 0 aliphatic carbocycles. The van der Waals surface area contributed by atoms with Crippen molar-refractivity contribution in [2.45, 2.75) is 57.4 Å². The number of piperidine rings is 1. The van der Waals surface area contributed by atoms with Gasteiger partial charge in [0, 0.05) is 24.2 Å². The van der Waals surface area contributed by atoms with E-state index < -0.39 is 10.0 Å². The minimum Gasteiger partial charge on any atom is -0.268 e. The molecule has 0 bridgehead atoms. The van der Waals surface area contributed by atoms with E-state index in [0.29, 0.717) is 22.7 Å². The lowest BCUT2D eigenvalue weighted by Gasteiger charge is -2.34. The van der Waals surface area contributed by atoms with Crippen LogP contribution in [0.15, 0.2) is 34.0 Å². The van der Waals surface area contributed by atoms with Gasteiger partial charge in [0.2, 0.25) is 10.0 Å². The molecule has 1 aromatic heterocycles. The Morgan fingerprint density at radius 2 is 2.00 bits per heavy atom. The molecule has 1 saturated heterocycles. The number of benzene rings is 1. The van der Waals surface area contributed by atoms with E-state index in [1.165, 1.54) is 6.07 Å². The Morgan fingerprint density at radius 3 is 2.65 bits per heavy atom. The summed E-state index contributed by atoms with van der Waals surface area (Å²) in [4.78, 5) is 11.6. The average Bonchev–Trinajstić information content (AvgIpc) is 2.64. The molecular formula is C19H25N3O3S. The first-order valence-electron chi connectivity index (χ1n) is 9.03. The molecule has 26 heavy (non-hydrogen) atoms. The van der Waals surface area contributed by atoms with E-state index in [4.69, 9.17) is 0 Å². The fraction of sp³-hybridized carbons (Fsp3) is 0.474. The van der Waals surface area contributed by atoms with Crippen molar-refractivity contribution < 1.29 is 8.42 Å². The van der Waals surface area contributed by atoms with Crippen LogP contribution in [-0.2, 0) is 10.0 Å². The molecule has 0 spiro atoms. The van der Waals surface area contributed by atoms with Gasteiger partial charge in [0.25, 0.3) is 5.56 Å². The van der Waals surface area contributed by atoms with Crippen LogP contribution >= 0.6 is 0 Å². The highest BCUT2D eigenvalue weighted by molar-refractivity contribution is 7.89. The van der Waals surface area contributed by atoms with Crippen LogP contribution < -0.4 is 5.56 Å². The lowest BCUT2D eigenvalue weighted by molar-refractivity contribution is 0.246. The molecule has 2 heterocycles. The van der Waals surface area contributed by atoms with E-state index in [1.807, 2.05) is 26.8 Å². The van der Waals surface area contributed by atoms with E-state index in [1.54, 1.807) is 16.4 Å². The lowest BCUT2D eigenvalue weighted by atomic mass is 10.0. The third-order valence-electron chi connectivity index (χ3n) is 5.23. The Hall–Kier alpha value is -1.99.